The van der Waals surface area contributed by atoms with Crippen molar-refractivity contribution in [1.29, 1.82) is 0 Å². The van der Waals surface area contributed by atoms with E-state index >= 15 is 0 Å². The summed E-state index contributed by atoms with van der Waals surface area (Å²) in [6, 6.07) is 10.0. The lowest BCUT2D eigenvalue weighted by molar-refractivity contribution is 0.524. The van der Waals surface area contributed by atoms with Crippen LogP contribution in [-0.2, 0) is 0 Å². The normalized spacial score (nSPS) is 11.5. The van der Waals surface area contributed by atoms with Gasteiger partial charge in [-0.2, -0.15) is 0 Å². The lowest BCUT2D eigenvalue weighted by Crippen LogP contribution is -2.39. The zero-order valence-corrected chi connectivity index (χ0v) is 9.97. The second-order valence-corrected chi connectivity index (χ2v) is 4.62. The highest BCUT2D eigenvalue weighted by atomic mass is 16.4. The molecule has 5 nitrogen and oxygen atoms in total. The van der Waals surface area contributed by atoms with E-state index in [0.717, 1.165) is 5.56 Å². The van der Waals surface area contributed by atoms with Gasteiger partial charge in [0.15, 0.2) is 0 Å². The molecule has 0 saturated carbocycles. The molecule has 2 aromatic rings. The van der Waals surface area contributed by atoms with Crippen molar-refractivity contribution >= 4 is 6.01 Å². The van der Waals surface area contributed by atoms with Crippen LogP contribution in [0.3, 0.4) is 0 Å². The summed E-state index contributed by atoms with van der Waals surface area (Å²) in [6.07, 6.45) is 0. The molecular formula is C12H16N4O. The Bertz CT molecular complexity index is 473. The van der Waals surface area contributed by atoms with Crippen LogP contribution in [0.1, 0.15) is 13.8 Å². The Hall–Kier alpha value is -1.88. The van der Waals surface area contributed by atoms with Crippen molar-refractivity contribution in [3.05, 3.63) is 30.3 Å². The standard InChI is InChI=1S/C12H16N4O/c1-12(2,13)8-14-11-16-15-10(17-11)9-6-4-3-5-7-9/h3-7H,8,13H2,1-2H3,(H,14,16). The molecule has 0 aliphatic rings. The molecule has 0 fully saturated rings. The molecule has 17 heavy (non-hydrogen) atoms. The van der Waals surface area contributed by atoms with Gasteiger partial charge in [-0.3, -0.25) is 0 Å². The molecule has 5 heteroatoms. The van der Waals surface area contributed by atoms with Crippen LogP contribution in [0.5, 0.6) is 0 Å². The lowest BCUT2D eigenvalue weighted by atomic mass is 10.1. The number of hydrogen-bond donors (Lipinski definition) is 2. The van der Waals surface area contributed by atoms with Gasteiger partial charge in [-0.25, -0.2) is 0 Å². The highest BCUT2D eigenvalue weighted by molar-refractivity contribution is 5.52. The maximum Gasteiger partial charge on any atom is 0.315 e. The fourth-order valence-electron chi connectivity index (χ4n) is 1.30. The number of hydrogen-bond acceptors (Lipinski definition) is 5. The predicted molar refractivity (Wildman–Crippen MR) is 66.5 cm³/mol. The highest BCUT2D eigenvalue weighted by Crippen LogP contribution is 2.19. The quantitative estimate of drug-likeness (QED) is 0.841. The van der Waals surface area contributed by atoms with E-state index in [4.69, 9.17) is 10.2 Å². The van der Waals surface area contributed by atoms with Gasteiger partial charge in [-0.15, -0.1) is 5.10 Å². The van der Waals surface area contributed by atoms with Gasteiger partial charge in [-0.05, 0) is 26.0 Å². The summed E-state index contributed by atoms with van der Waals surface area (Å²) >= 11 is 0. The zero-order valence-electron chi connectivity index (χ0n) is 9.97. The Morgan fingerprint density at radius 2 is 1.94 bits per heavy atom. The Balaban J connectivity index is 2.07. The van der Waals surface area contributed by atoms with Crippen LogP contribution in [0.25, 0.3) is 11.5 Å². The fraction of sp³-hybridized carbons (Fsp3) is 0.333. The summed E-state index contributed by atoms with van der Waals surface area (Å²) < 4.78 is 5.48. The Kier molecular flexibility index (Phi) is 3.10. The van der Waals surface area contributed by atoms with E-state index in [2.05, 4.69) is 15.5 Å². The van der Waals surface area contributed by atoms with Crippen LogP contribution in [0.15, 0.2) is 34.7 Å². The molecule has 0 unspecified atom stereocenters. The third kappa shape index (κ3) is 3.29. The average molecular weight is 232 g/mol. The molecule has 0 bridgehead atoms. The lowest BCUT2D eigenvalue weighted by Gasteiger charge is -2.17. The van der Waals surface area contributed by atoms with Gasteiger partial charge in [0.05, 0.1) is 0 Å². The number of nitrogens with zero attached hydrogens (tertiary/aromatic N) is 2. The van der Waals surface area contributed by atoms with Crippen LogP contribution in [0, 0.1) is 0 Å². The molecule has 1 heterocycles. The van der Waals surface area contributed by atoms with E-state index in [0.29, 0.717) is 18.5 Å². The van der Waals surface area contributed by atoms with Crippen molar-refractivity contribution < 1.29 is 4.42 Å². The van der Waals surface area contributed by atoms with E-state index in [1.165, 1.54) is 0 Å². The summed E-state index contributed by atoms with van der Waals surface area (Å²) in [4.78, 5) is 0. The molecular weight excluding hydrogens is 216 g/mol. The smallest absolute Gasteiger partial charge is 0.315 e. The molecule has 0 amide bonds. The van der Waals surface area contributed by atoms with Crippen LogP contribution >= 0.6 is 0 Å². The third-order valence-electron chi connectivity index (χ3n) is 2.14. The Morgan fingerprint density at radius 1 is 1.24 bits per heavy atom. The Labute approximate surface area is 100 Å². The highest BCUT2D eigenvalue weighted by Gasteiger charge is 2.13. The number of benzene rings is 1. The zero-order chi connectivity index (χ0) is 12.3. The van der Waals surface area contributed by atoms with Crippen molar-refractivity contribution in [1.82, 2.24) is 10.2 Å². The van der Waals surface area contributed by atoms with Crippen molar-refractivity contribution in [3.63, 3.8) is 0 Å². The second kappa shape index (κ2) is 4.55. The molecule has 0 aliphatic heterocycles. The van der Waals surface area contributed by atoms with Crippen LogP contribution in [0.4, 0.5) is 6.01 Å². The third-order valence-corrected chi connectivity index (χ3v) is 2.14. The molecule has 1 aromatic carbocycles. The number of anilines is 1. The van der Waals surface area contributed by atoms with Gasteiger partial charge in [0, 0.05) is 17.6 Å². The average Bonchev–Trinajstić information content (AvgIpc) is 2.75. The van der Waals surface area contributed by atoms with Gasteiger partial charge in [-0.1, -0.05) is 23.3 Å². The number of rotatable bonds is 4. The summed E-state index contributed by atoms with van der Waals surface area (Å²) in [7, 11) is 0. The Morgan fingerprint density at radius 3 is 2.59 bits per heavy atom. The van der Waals surface area contributed by atoms with Gasteiger partial charge in [0.2, 0.25) is 5.89 Å². The van der Waals surface area contributed by atoms with Crippen molar-refractivity contribution in [2.75, 3.05) is 11.9 Å². The van der Waals surface area contributed by atoms with Crippen LogP contribution in [0.2, 0.25) is 0 Å². The fourth-order valence-corrected chi connectivity index (χ4v) is 1.30. The number of aromatic nitrogens is 2. The molecule has 0 spiro atoms. The van der Waals surface area contributed by atoms with Crippen molar-refractivity contribution in [2.45, 2.75) is 19.4 Å². The molecule has 2 rings (SSSR count). The summed E-state index contributed by atoms with van der Waals surface area (Å²) in [6.45, 7) is 4.42. The van der Waals surface area contributed by atoms with Gasteiger partial charge < -0.3 is 15.5 Å². The van der Waals surface area contributed by atoms with Crippen molar-refractivity contribution in [3.8, 4) is 11.5 Å². The molecule has 0 atom stereocenters. The van der Waals surface area contributed by atoms with E-state index in [9.17, 15) is 0 Å². The summed E-state index contributed by atoms with van der Waals surface area (Å²) in [5.41, 5.74) is 6.43. The van der Waals surface area contributed by atoms with E-state index in [1.54, 1.807) is 0 Å². The number of nitrogens with one attached hydrogen (secondary N) is 1. The summed E-state index contributed by atoms with van der Waals surface area (Å²) in [5.74, 6) is 0.503. The molecule has 0 radical (unpaired) electrons. The molecule has 3 N–H and O–H groups in total. The first-order valence-corrected chi connectivity index (χ1v) is 5.46. The molecule has 90 valence electrons. The van der Waals surface area contributed by atoms with Crippen LogP contribution < -0.4 is 11.1 Å². The predicted octanol–water partition coefficient (Wildman–Crippen LogP) is 1.89. The largest absolute Gasteiger partial charge is 0.403 e. The van der Waals surface area contributed by atoms with Gasteiger partial charge >= 0.3 is 6.01 Å². The van der Waals surface area contributed by atoms with Crippen LogP contribution in [-0.4, -0.2) is 22.3 Å². The maximum atomic E-state index is 5.85. The molecule has 1 aromatic heterocycles. The topological polar surface area (TPSA) is 77.0 Å². The first kappa shape index (κ1) is 11.6. The van der Waals surface area contributed by atoms with Gasteiger partial charge in [0.25, 0.3) is 0 Å². The first-order valence-electron chi connectivity index (χ1n) is 5.46. The minimum atomic E-state index is -0.318. The van der Waals surface area contributed by atoms with E-state index in [1.807, 2.05) is 44.2 Å². The molecule has 0 saturated heterocycles. The van der Waals surface area contributed by atoms with Crippen molar-refractivity contribution in [2.24, 2.45) is 5.73 Å². The van der Waals surface area contributed by atoms with E-state index in [-0.39, 0.29) is 5.54 Å². The SMILES string of the molecule is CC(C)(N)CNc1nnc(-c2ccccc2)o1. The van der Waals surface area contributed by atoms with E-state index < -0.39 is 0 Å². The monoisotopic (exact) mass is 232 g/mol. The first-order chi connectivity index (χ1) is 8.04. The maximum absolute atomic E-state index is 5.85. The second-order valence-electron chi connectivity index (χ2n) is 4.62. The molecule has 0 aliphatic carbocycles. The number of nitrogens with two attached hydrogens (primary N) is 1. The summed E-state index contributed by atoms with van der Waals surface area (Å²) in [5, 5.41) is 10.9. The minimum absolute atomic E-state index is 0.318. The van der Waals surface area contributed by atoms with Gasteiger partial charge in [0.1, 0.15) is 0 Å². The minimum Gasteiger partial charge on any atom is -0.403 e.